The number of aryl methyl sites for hydroxylation is 3. The zero-order valence-corrected chi connectivity index (χ0v) is 69.7. The van der Waals surface area contributed by atoms with Crippen LogP contribution >= 0.6 is 0 Å². The topological polar surface area (TPSA) is 193 Å². The smallest absolute Gasteiger partial charge is 0.328 e. The highest BCUT2D eigenvalue weighted by molar-refractivity contribution is 5.86. The van der Waals surface area contributed by atoms with E-state index in [0.717, 1.165) is 121 Å². The number of nitrogens with zero attached hydrogens (tertiary/aromatic N) is 2. The Morgan fingerprint density at radius 2 is 0.735 bits per heavy atom. The summed E-state index contributed by atoms with van der Waals surface area (Å²) in [6.07, 6.45) is 23.3. The molecule has 0 spiro atoms. The molecule has 0 aliphatic carbocycles. The highest BCUT2D eigenvalue weighted by Crippen LogP contribution is 2.43. The van der Waals surface area contributed by atoms with Gasteiger partial charge in [0, 0.05) is 98.7 Å². The van der Waals surface area contributed by atoms with Crippen LogP contribution in [0.2, 0.25) is 0 Å². The van der Waals surface area contributed by atoms with Gasteiger partial charge >= 0.3 is 23.9 Å². The molecule has 14 nitrogen and oxygen atoms in total. The Morgan fingerprint density at radius 1 is 0.425 bits per heavy atom. The molecule has 0 unspecified atom stereocenters. The molecular formula is C93H118F6N2O12. The van der Waals surface area contributed by atoms with Gasteiger partial charge in [0.2, 0.25) is 0 Å². The fourth-order valence-corrected chi connectivity index (χ4v) is 11.0. The first-order chi connectivity index (χ1) is 53.0. The lowest BCUT2D eigenvalue weighted by Gasteiger charge is -2.26. The second-order valence-corrected chi connectivity index (χ2v) is 29.4. The molecule has 5 aromatic carbocycles. The molecule has 0 saturated carbocycles. The molecule has 0 amide bonds. The molecule has 0 aliphatic rings. The van der Waals surface area contributed by atoms with Gasteiger partial charge in [-0.15, -0.1) is 0 Å². The number of ether oxygens (including phenoxy) is 4. The van der Waals surface area contributed by atoms with Crippen LogP contribution in [0.1, 0.15) is 174 Å². The van der Waals surface area contributed by atoms with Crippen LogP contribution in [0, 0.1) is 6.92 Å². The number of rotatable bonds is 35. The molecule has 0 aromatic heterocycles. The van der Waals surface area contributed by atoms with Crippen LogP contribution in [0.4, 0.5) is 37.7 Å². The van der Waals surface area contributed by atoms with Gasteiger partial charge in [-0.05, 0) is 195 Å². The van der Waals surface area contributed by atoms with Crippen molar-refractivity contribution in [1.82, 2.24) is 0 Å². The number of hydrogen-bond acceptors (Lipinski definition) is 10. The average molecular weight is 1570 g/mol. The van der Waals surface area contributed by atoms with Crippen LogP contribution in [-0.4, -0.2) is 125 Å². The second-order valence-electron chi connectivity index (χ2n) is 29.4. The minimum atomic E-state index is -2.59. The summed E-state index contributed by atoms with van der Waals surface area (Å²) in [7, 11) is 7.56. The summed E-state index contributed by atoms with van der Waals surface area (Å²) in [5, 5.41) is 35.1. The Bertz CT molecular complexity index is 4360. The highest BCUT2D eigenvalue weighted by atomic mass is 19.3. The Morgan fingerprint density at radius 3 is 1.05 bits per heavy atom. The number of halogens is 6. The number of carbonyl (C=O) groups is 4. The van der Waals surface area contributed by atoms with Crippen LogP contribution in [0.3, 0.4) is 0 Å². The lowest BCUT2D eigenvalue weighted by molar-refractivity contribution is -0.132. The molecule has 4 N–H and O–H groups in total. The van der Waals surface area contributed by atoms with Crippen LogP contribution in [0.25, 0.3) is 33.4 Å². The van der Waals surface area contributed by atoms with Crippen molar-refractivity contribution < 1.29 is 84.9 Å². The number of benzene rings is 5. The van der Waals surface area contributed by atoms with Crippen LogP contribution in [-0.2, 0) is 42.8 Å². The van der Waals surface area contributed by atoms with Crippen molar-refractivity contribution in [3.05, 3.63) is 248 Å². The maximum Gasteiger partial charge on any atom is 0.328 e. The molecule has 5 rings (SSSR count). The van der Waals surface area contributed by atoms with Gasteiger partial charge in [-0.2, -0.15) is 0 Å². The zero-order valence-electron chi connectivity index (χ0n) is 69.7. The third-order valence-electron chi connectivity index (χ3n) is 16.8. The molecule has 113 heavy (non-hydrogen) atoms. The first-order valence-electron chi connectivity index (χ1n) is 37.3. The predicted octanol–water partition coefficient (Wildman–Crippen LogP) is 23.3. The number of hydrogen-bond donors (Lipinski definition) is 4. The molecular weight excluding hydrogens is 1450 g/mol. The lowest BCUT2D eigenvalue weighted by atomic mass is 9.82. The summed E-state index contributed by atoms with van der Waals surface area (Å²) in [5.74, 6) is -1.56. The van der Waals surface area contributed by atoms with Crippen molar-refractivity contribution in [3.63, 3.8) is 0 Å². The van der Waals surface area contributed by atoms with E-state index in [1.807, 2.05) is 197 Å². The molecule has 0 fully saturated rings. The largest absolute Gasteiger partial charge is 0.493 e. The maximum atomic E-state index is 12.9. The molecule has 20 heteroatoms. The van der Waals surface area contributed by atoms with Gasteiger partial charge in [0.05, 0.1) is 37.9 Å². The number of alkyl halides is 6. The summed E-state index contributed by atoms with van der Waals surface area (Å²) >= 11 is 0. The van der Waals surface area contributed by atoms with E-state index in [1.54, 1.807) is 70.2 Å². The summed E-state index contributed by atoms with van der Waals surface area (Å²) in [5.41, 5.74) is 18.1. The molecule has 5 aromatic rings. The fourth-order valence-electron chi connectivity index (χ4n) is 11.0. The van der Waals surface area contributed by atoms with E-state index in [9.17, 15) is 45.5 Å². The van der Waals surface area contributed by atoms with E-state index >= 15 is 0 Å². The van der Waals surface area contributed by atoms with Crippen LogP contribution in [0.5, 0.6) is 23.0 Å². The maximum absolute atomic E-state index is 12.9. The molecule has 614 valence electrons. The Hall–Kier alpha value is -10.8. The quantitative estimate of drug-likeness (QED) is 0.0130. The lowest BCUT2D eigenvalue weighted by Crippen LogP contribution is -2.17. The third kappa shape index (κ3) is 36.5. The zero-order chi connectivity index (χ0) is 85.5. The van der Waals surface area contributed by atoms with Gasteiger partial charge in [0.15, 0.2) is 0 Å². The van der Waals surface area contributed by atoms with Crippen molar-refractivity contribution in [3.8, 4) is 34.1 Å². The van der Waals surface area contributed by atoms with E-state index in [0.29, 0.717) is 71.1 Å². The number of anilines is 2. The first-order valence-corrected chi connectivity index (χ1v) is 37.3. The second kappa shape index (κ2) is 49.6. The SMILES string of the molecule is C/C(=C/C=C/C(C)=C/C(=O)O)c1cc(-c2ccccc2)cc(N(C)C)c1OCC(F)F.C/C(=C/C=C/C(C)=C/C(=O)O)c1cc(C)cc(N(C)C)c1OCCCF.CCc1cc(\C(C)=C/C=C/C(C)=C/C(=O)O)c(OCC(F)F)c(C(C)(C)C)c1.CCc1cc(\C(C)=C/C=C/C(C)=C/C(=O)O)c(OCCCF)c(C(C)(C)C)c1. The Kier molecular flexibility index (Phi) is 43.1. The minimum Gasteiger partial charge on any atom is -0.493 e. The van der Waals surface area contributed by atoms with Crippen molar-refractivity contribution >= 4 is 57.5 Å². The summed E-state index contributed by atoms with van der Waals surface area (Å²) in [6.45, 7) is 31.7. The van der Waals surface area contributed by atoms with E-state index < -0.39 is 63.3 Å². The highest BCUT2D eigenvalue weighted by Gasteiger charge is 2.26. The molecule has 0 radical (unpaired) electrons. The Labute approximate surface area is 666 Å². The monoisotopic (exact) mass is 1570 g/mol. The molecule has 0 saturated heterocycles. The third-order valence-corrected chi connectivity index (χ3v) is 16.8. The Balaban J connectivity index is 0.000000512. The van der Waals surface area contributed by atoms with Gasteiger partial charge in [-0.1, -0.05) is 171 Å². The summed E-state index contributed by atoms with van der Waals surface area (Å²) < 4.78 is 99.5. The minimum absolute atomic E-state index is 0.109. The number of allylic oxidation sites excluding steroid dienone is 20. The van der Waals surface area contributed by atoms with Gasteiger partial charge in [0.1, 0.15) is 36.2 Å². The first kappa shape index (κ1) is 98.3. The molecule has 0 bridgehead atoms. The summed E-state index contributed by atoms with van der Waals surface area (Å²) in [6, 6.07) is 26.0. The van der Waals surface area contributed by atoms with Gasteiger partial charge in [-0.3, -0.25) is 8.78 Å². The predicted molar refractivity (Wildman–Crippen MR) is 453 cm³/mol. The summed E-state index contributed by atoms with van der Waals surface area (Å²) in [4.78, 5) is 46.7. The van der Waals surface area contributed by atoms with Gasteiger partial charge in [0.25, 0.3) is 12.9 Å². The number of carboxylic acids is 4. The molecule has 0 heterocycles. The van der Waals surface area contributed by atoms with E-state index in [2.05, 4.69) is 39.8 Å². The van der Waals surface area contributed by atoms with E-state index in [4.69, 9.17) is 39.4 Å². The van der Waals surface area contributed by atoms with Crippen LogP contribution < -0.4 is 28.7 Å². The van der Waals surface area contributed by atoms with Crippen molar-refractivity contribution in [2.45, 2.75) is 167 Å². The standard InChI is InChI=1S/C25H27F2NO3.C24H33FO3.C23H30F2O3.C21H28FNO3/c1-17(13-24(29)30)9-8-10-18(2)21-14-20(19-11-6-5-7-12-19)15-22(28(3)4)25(21)31-16-23(26)27;1-7-19-15-20(18(3)11-8-10-17(2)14-22(26)27)23(28-13-9-12-25)21(16-19)24(4,5)6;1-7-17-12-18(16(3)10-8-9-15(2)11-21(26)27)22(28-14-20(24)25)19(13-17)23(4,5)6;1-15(14-20(24)25)8-6-9-17(3)18-12-16(2)13-19(23(4)5)21(18)26-11-7-10-22/h5-15,23H,16H2,1-4H3,(H,29,30);8,10-11,14-16H,7,9,12-13H2,1-6H3,(H,26,27);8-13,20H,7,14H2,1-6H3,(H,26,27);6,8-9,12-14H,7,10-11H2,1-5H3,(H,24,25)/b9-8+,17-13+,18-10-;10-8+,17-14+,18-11-;9-8+,15-11+,16-10-;8-6+,15-14+,17-9-. The average Bonchev–Trinajstić information content (AvgIpc) is 0.805. The van der Waals surface area contributed by atoms with Crippen LogP contribution in [0.15, 0.2) is 198 Å². The van der Waals surface area contributed by atoms with Crippen molar-refractivity contribution in [2.24, 2.45) is 0 Å². The normalized spacial score (nSPS) is 12.9. The van der Waals surface area contributed by atoms with E-state index in [-0.39, 0.29) is 10.8 Å². The van der Waals surface area contributed by atoms with Gasteiger partial charge < -0.3 is 49.2 Å². The van der Waals surface area contributed by atoms with Crippen molar-refractivity contribution in [2.75, 3.05) is 77.8 Å². The molecule has 0 atom stereocenters. The van der Waals surface area contributed by atoms with Gasteiger partial charge in [-0.25, -0.2) is 36.7 Å². The number of aliphatic carboxylic acids is 4. The van der Waals surface area contributed by atoms with E-state index in [1.165, 1.54) is 11.6 Å². The molecule has 0 aliphatic heterocycles. The fraction of sp³-hybridized carbons (Fsp3) is 0.376. The van der Waals surface area contributed by atoms with Crippen molar-refractivity contribution in [1.29, 1.82) is 0 Å². The number of carboxylic acid groups (broad SMARTS) is 4.